The summed E-state index contributed by atoms with van der Waals surface area (Å²) in [5.74, 6) is -1.47. The van der Waals surface area contributed by atoms with Crippen LogP contribution >= 0.6 is 7.82 Å². The lowest BCUT2D eigenvalue weighted by molar-refractivity contribution is -0.365. The predicted octanol–water partition coefficient (Wildman–Crippen LogP) is -1.98. The number of ether oxygens (including phenoxy) is 12. The van der Waals surface area contributed by atoms with Crippen LogP contribution in [0.15, 0.2) is 0 Å². The molecule has 1 saturated carbocycles. The number of esters is 2. The smallest absolute Gasteiger partial charge is 0.462 e. The van der Waals surface area contributed by atoms with Gasteiger partial charge in [0.05, 0.1) is 39.6 Å². The zero-order valence-corrected chi connectivity index (χ0v) is 66.0. The van der Waals surface area contributed by atoms with E-state index < -0.39 is 262 Å². The number of hydrogen-bond donors (Lipinski definition) is 21. The summed E-state index contributed by atoms with van der Waals surface area (Å²) in [5.41, 5.74) is 0. The Morgan fingerprint density at radius 2 is 0.584 bits per heavy atom. The maximum Gasteiger partial charge on any atom is 0.472 e. The molecule has 21 N–H and O–H groups in total. The number of aliphatic hydroxyl groups excluding tert-OH is 20. The van der Waals surface area contributed by atoms with E-state index in [1.165, 1.54) is 103 Å². The van der Waals surface area contributed by atoms with Crippen LogP contribution in [0.25, 0.3) is 0 Å². The Morgan fingerprint density at radius 1 is 0.319 bits per heavy atom. The third-order valence-corrected chi connectivity index (χ3v) is 22.7. The van der Waals surface area contributed by atoms with Gasteiger partial charge < -0.3 is 164 Å². The van der Waals surface area contributed by atoms with E-state index in [1.807, 2.05) is 0 Å². The van der Waals surface area contributed by atoms with Crippen LogP contribution in [0.5, 0.6) is 0 Å². The second-order valence-electron chi connectivity index (χ2n) is 30.8. The van der Waals surface area contributed by atoms with Crippen LogP contribution < -0.4 is 0 Å². The van der Waals surface area contributed by atoms with Gasteiger partial charge in [-0.2, -0.15) is 0 Å². The highest BCUT2D eigenvalue weighted by Crippen LogP contribution is 2.49. The fraction of sp³-hybridized carbons (Fsp3) is 0.973. The molecule has 14 unspecified atom stereocenters. The van der Waals surface area contributed by atoms with E-state index in [0.717, 1.165) is 64.2 Å². The summed E-state index contributed by atoms with van der Waals surface area (Å²) in [6.07, 6.45) is -35.3. The van der Waals surface area contributed by atoms with Crippen molar-refractivity contribution >= 4 is 19.8 Å². The van der Waals surface area contributed by atoms with Gasteiger partial charge in [-0.1, -0.05) is 187 Å². The molecule has 5 saturated heterocycles. The van der Waals surface area contributed by atoms with E-state index in [9.17, 15) is 121 Å². The third-order valence-electron chi connectivity index (χ3n) is 21.7. The molecule has 0 aromatic rings. The van der Waals surface area contributed by atoms with E-state index in [2.05, 4.69) is 13.8 Å². The van der Waals surface area contributed by atoms with Gasteiger partial charge in [0, 0.05) is 12.8 Å². The van der Waals surface area contributed by atoms with Crippen molar-refractivity contribution in [3.8, 4) is 0 Å². The Balaban J connectivity index is 1.13. The molecule has 38 nitrogen and oxygen atoms in total. The third kappa shape index (κ3) is 31.4. The Labute approximate surface area is 659 Å². The van der Waals surface area contributed by atoms with E-state index in [-0.39, 0.29) is 12.8 Å². The summed E-state index contributed by atoms with van der Waals surface area (Å²) in [5, 5.41) is 217. The van der Waals surface area contributed by atoms with Crippen LogP contribution in [0, 0.1) is 0 Å². The number of hydrogen-bond acceptors (Lipinski definition) is 37. The van der Waals surface area contributed by atoms with Crippen molar-refractivity contribution in [2.45, 2.75) is 409 Å². The van der Waals surface area contributed by atoms with Gasteiger partial charge in [-0.3, -0.25) is 18.6 Å². The van der Waals surface area contributed by atoms with E-state index in [0.29, 0.717) is 19.3 Å². The van der Waals surface area contributed by atoms with E-state index >= 15 is 0 Å². The summed E-state index contributed by atoms with van der Waals surface area (Å²) in [6, 6.07) is 0. The summed E-state index contributed by atoms with van der Waals surface area (Å²) < 4.78 is 93.0. The number of phosphoric acid groups is 1. The van der Waals surface area contributed by atoms with Gasteiger partial charge in [0.2, 0.25) is 0 Å². The molecule has 0 aromatic heterocycles. The van der Waals surface area contributed by atoms with E-state index in [4.69, 9.17) is 65.9 Å². The molecular formula is C74H135O38P. The van der Waals surface area contributed by atoms with Gasteiger partial charge in [0.25, 0.3) is 0 Å². The molecular weight excluding hydrogens is 1530 g/mol. The zero-order chi connectivity index (χ0) is 82.9. The average molecular weight is 1660 g/mol. The molecule has 0 amide bonds. The fourth-order valence-corrected chi connectivity index (χ4v) is 15.5. The monoisotopic (exact) mass is 1660 g/mol. The molecule has 6 fully saturated rings. The molecule has 0 aromatic carbocycles. The first-order valence-corrected chi connectivity index (χ1v) is 42.4. The van der Waals surface area contributed by atoms with Gasteiger partial charge >= 0.3 is 19.8 Å². The van der Waals surface area contributed by atoms with Gasteiger partial charge in [-0.25, -0.2) is 4.57 Å². The van der Waals surface area contributed by atoms with Crippen LogP contribution in [-0.2, 0) is 80.0 Å². The van der Waals surface area contributed by atoms with Crippen molar-refractivity contribution in [1.82, 2.24) is 0 Å². The van der Waals surface area contributed by atoms with Crippen molar-refractivity contribution in [3.05, 3.63) is 0 Å². The molecule has 1 aliphatic carbocycles. The standard InChI is InChI=1S/C74H135O38P/c1-3-5-7-9-11-13-15-17-19-21-23-25-27-29-31-33-48(78)104-41(36-99-47(77)32-30-28-26-24-22-20-18-16-14-12-10-8-6-4-2)37-103-113(97,98)112-69-67(110-73-65(95)55(85)50(80)43(35-76)106-73)60(90)59(89)61(91)68(69)111-74-66(96)58(88)53(83)46(109-74)40-102-72-64(94)57(87)52(82)45(108-72)39-101-71-63(93)56(86)51(81)44(107-71)38-100-70-62(92)54(84)49(79)42(34-75)105-70/h41-46,49-76,79-96H,3-40H2,1-2H3,(H,97,98)/t41-,42?,43?,44?,45?,46?,49+,50-,51+,52+,53+,54?,55?,56?,57?,58?,59+,60?,61?,62+,63+,64+,65-,66+,67-,68?,69+,70-,71-,72-,73-,74+/m1/s1. The van der Waals surface area contributed by atoms with Crippen molar-refractivity contribution < 1.29 is 187 Å². The minimum Gasteiger partial charge on any atom is -0.462 e. The average Bonchev–Trinajstić information content (AvgIpc) is 0.757. The first-order valence-electron chi connectivity index (χ1n) is 40.9. The zero-order valence-electron chi connectivity index (χ0n) is 65.1. The van der Waals surface area contributed by atoms with Gasteiger partial charge in [0.1, 0.15) is 165 Å². The van der Waals surface area contributed by atoms with Crippen LogP contribution in [-0.4, -0.2) is 361 Å². The number of carbonyl (C=O) groups is 2. The fourth-order valence-electron chi connectivity index (χ4n) is 14.5. The number of carbonyl (C=O) groups excluding carboxylic acids is 2. The second kappa shape index (κ2) is 52.2. The lowest BCUT2D eigenvalue weighted by atomic mass is 9.84. The highest BCUT2D eigenvalue weighted by Gasteiger charge is 2.59. The number of rotatable bonds is 54. The Hall–Kier alpha value is -2.15. The predicted molar refractivity (Wildman–Crippen MR) is 389 cm³/mol. The van der Waals surface area contributed by atoms with Crippen LogP contribution in [0.2, 0.25) is 0 Å². The summed E-state index contributed by atoms with van der Waals surface area (Å²) >= 11 is 0. The maximum absolute atomic E-state index is 14.5. The number of aliphatic hydroxyl groups is 20. The lowest BCUT2D eigenvalue weighted by Gasteiger charge is -2.49. The molecule has 5 aliphatic heterocycles. The first kappa shape index (κ1) is 99.7. The van der Waals surface area contributed by atoms with Crippen LogP contribution in [0.3, 0.4) is 0 Å². The lowest BCUT2D eigenvalue weighted by Crippen LogP contribution is -2.69. The van der Waals surface area contributed by atoms with Crippen molar-refractivity contribution in [2.75, 3.05) is 46.2 Å². The summed E-state index contributed by atoms with van der Waals surface area (Å²) in [4.78, 5) is 38.4. The SMILES string of the molecule is CCCCCCCCCCCCCCCCCC(=O)O[C@H](COC(=O)CCCCCCCCCCCCCCCC)COP(=O)(O)O[C@@H]1C(O[C@@H]2OC(CO[C@@H]3OC(CO[C@@H]4OC(CO[C@@H]5OC(CO)[C@H](O)C(O)[C@@H]5O)[C@H](O)C(O)[C@@H]4O)[C@H](O)C(O)[C@@H]3O)[C@H](O)C(O)[C@@H]2O)C(O)[C@@H](O)C(O)[C@H]1O[C@H]1OC(CO)[C@@H](O)C(O)[C@H]1O. The highest BCUT2D eigenvalue weighted by atomic mass is 31.2. The molecule has 6 aliphatic rings. The van der Waals surface area contributed by atoms with Crippen molar-refractivity contribution in [2.24, 2.45) is 0 Å². The Bertz CT molecular complexity index is 2610. The second-order valence-corrected chi connectivity index (χ2v) is 32.2. The maximum atomic E-state index is 14.5. The largest absolute Gasteiger partial charge is 0.472 e. The van der Waals surface area contributed by atoms with Crippen LogP contribution in [0.4, 0.5) is 0 Å². The minimum absolute atomic E-state index is 0.0147. The summed E-state index contributed by atoms with van der Waals surface area (Å²) in [7, 11) is -5.85. The number of unbranched alkanes of at least 4 members (excludes halogenated alkanes) is 27. The molecule has 6 rings (SSSR count). The molecule has 5 heterocycles. The normalized spacial score (nSPS) is 37.9. The summed E-state index contributed by atoms with van der Waals surface area (Å²) in [6.45, 7) is -1.87. The highest BCUT2D eigenvalue weighted by molar-refractivity contribution is 7.47. The molecule has 0 spiro atoms. The first-order chi connectivity index (χ1) is 54.0. The van der Waals surface area contributed by atoms with Gasteiger partial charge in [-0.05, 0) is 12.8 Å². The van der Waals surface area contributed by atoms with Gasteiger partial charge in [0.15, 0.2) is 37.6 Å². The number of phosphoric ester groups is 1. The van der Waals surface area contributed by atoms with Crippen molar-refractivity contribution in [3.63, 3.8) is 0 Å². The topological polar surface area (TPSA) is 605 Å². The molecule has 33 atom stereocenters. The molecule has 0 radical (unpaired) electrons. The minimum atomic E-state index is -5.85. The molecule has 113 heavy (non-hydrogen) atoms. The van der Waals surface area contributed by atoms with Crippen LogP contribution in [0.1, 0.15) is 213 Å². The molecule has 39 heteroatoms. The van der Waals surface area contributed by atoms with Gasteiger partial charge in [-0.15, -0.1) is 0 Å². The van der Waals surface area contributed by atoms with E-state index in [1.54, 1.807) is 0 Å². The molecule has 664 valence electrons. The Kier molecular flexibility index (Phi) is 46.1. The quantitative estimate of drug-likeness (QED) is 0.0178. The Morgan fingerprint density at radius 3 is 0.912 bits per heavy atom. The molecule has 0 bridgehead atoms. The van der Waals surface area contributed by atoms with Crippen molar-refractivity contribution in [1.29, 1.82) is 0 Å².